The van der Waals surface area contributed by atoms with Gasteiger partial charge >= 0.3 is 0 Å². The summed E-state index contributed by atoms with van der Waals surface area (Å²) in [6.07, 6.45) is 2.34. The van der Waals surface area contributed by atoms with E-state index in [0.717, 1.165) is 19.4 Å². The van der Waals surface area contributed by atoms with Gasteiger partial charge in [-0.3, -0.25) is 4.79 Å². The average Bonchev–Trinajstić information content (AvgIpc) is 3.08. The number of anilines is 2. The minimum Gasteiger partial charge on any atom is -0.376 e. The van der Waals surface area contributed by atoms with Crippen LogP contribution in [0, 0.1) is 5.82 Å². The van der Waals surface area contributed by atoms with Gasteiger partial charge in [0.25, 0.3) is 5.91 Å². The molecule has 3 rings (SSSR count). The summed E-state index contributed by atoms with van der Waals surface area (Å²) < 4.78 is 18.6. The third kappa shape index (κ3) is 4.23. The van der Waals surface area contributed by atoms with Crippen molar-refractivity contribution in [2.45, 2.75) is 18.9 Å². The second kappa shape index (κ2) is 7.15. The van der Waals surface area contributed by atoms with Gasteiger partial charge in [-0.25, -0.2) is 4.39 Å². The maximum absolute atomic E-state index is 13.1. The van der Waals surface area contributed by atoms with Crippen molar-refractivity contribution >= 4 is 17.5 Å². The van der Waals surface area contributed by atoms with Gasteiger partial charge in [0, 0.05) is 18.7 Å². The van der Waals surface area contributed by atoms with Gasteiger partial charge in [-0.05, 0) is 43.2 Å². The molecule has 1 amide bonds. The van der Waals surface area contributed by atoms with Crippen LogP contribution >= 0.6 is 0 Å². The molecule has 0 aliphatic carbocycles. The number of hydrogen-bond donors (Lipinski definition) is 2. The number of hydrogen-bond acceptors (Lipinski definition) is 5. The third-order valence-corrected chi connectivity index (χ3v) is 3.53. The van der Waals surface area contributed by atoms with Crippen LogP contribution in [0.4, 0.5) is 16.0 Å². The number of halogens is 1. The summed E-state index contributed by atoms with van der Waals surface area (Å²) >= 11 is 0. The predicted octanol–water partition coefficient (Wildman–Crippen LogP) is 2.46. The molecular formula is C16H17FN4O2. The van der Waals surface area contributed by atoms with Crippen LogP contribution in [0.15, 0.2) is 36.4 Å². The zero-order valence-corrected chi connectivity index (χ0v) is 12.5. The molecule has 1 saturated heterocycles. The summed E-state index contributed by atoms with van der Waals surface area (Å²) in [7, 11) is 0. The topological polar surface area (TPSA) is 76.1 Å². The SMILES string of the molecule is O=C(Nc1ccc(NCC2CCCO2)nn1)c1cccc(F)c1. The number of nitrogens with zero attached hydrogens (tertiary/aromatic N) is 2. The Morgan fingerprint density at radius 2 is 2.09 bits per heavy atom. The Morgan fingerprint density at radius 1 is 1.26 bits per heavy atom. The number of aromatic nitrogens is 2. The molecule has 2 heterocycles. The predicted molar refractivity (Wildman–Crippen MR) is 83.8 cm³/mol. The van der Waals surface area contributed by atoms with Crippen molar-refractivity contribution in [2.24, 2.45) is 0 Å². The third-order valence-electron chi connectivity index (χ3n) is 3.53. The second-order valence-electron chi connectivity index (χ2n) is 5.28. The molecule has 7 heteroatoms. The molecule has 2 N–H and O–H groups in total. The highest BCUT2D eigenvalue weighted by Gasteiger charge is 2.15. The zero-order chi connectivity index (χ0) is 16.1. The Morgan fingerprint density at radius 3 is 2.78 bits per heavy atom. The lowest BCUT2D eigenvalue weighted by Crippen LogP contribution is -2.19. The van der Waals surface area contributed by atoms with E-state index in [-0.39, 0.29) is 11.7 Å². The molecule has 23 heavy (non-hydrogen) atoms. The molecule has 1 atom stereocenters. The number of carbonyl (C=O) groups is 1. The summed E-state index contributed by atoms with van der Waals surface area (Å²) in [5.74, 6) is 0.0301. The Balaban J connectivity index is 1.55. The highest BCUT2D eigenvalue weighted by Crippen LogP contribution is 2.13. The van der Waals surface area contributed by atoms with Crippen LogP contribution in [0.5, 0.6) is 0 Å². The maximum atomic E-state index is 13.1. The van der Waals surface area contributed by atoms with E-state index in [0.29, 0.717) is 18.2 Å². The second-order valence-corrected chi connectivity index (χ2v) is 5.28. The van der Waals surface area contributed by atoms with Crippen molar-refractivity contribution in [3.8, 4) is 0 Å². The number of rotatable bonds is 5. The lowest BCUT2D eigenvalue weighted by molar-refractivity contribution is 0.102. The molecule has 1 unspecified atom stereocenters. The lowest BCUT2D eigenvalue weighted by Gasteiger charge is -2.11. The summed E-state index contributed by atoms with van der Waals surface area (Å²) in [6.45, 7) is 1.49. The van der Waals surface area contributed by atoms with Crippen LogP contribution in [0.2, 0.25) is 0 Å². The number of nitrogens with one attached hydrogen (secondary N) is 2. The number of benzene rings is 1. The van der Waals surface area contributed by atoms with E-state index in [9.17, 15) is 9.18 Å². The lowest BCUT2D eigenvalue weighted by atomic mass is 10.2. The van der Waals surface area contributed by atoms with Crippen molar-refractivity contribution < 1.29 is 13.9 Å². The summed E-state index contributed by atoms with van der Waals surface area (Å²) in [6, 6.07) is 8.83. The van der Waals surface area contributed by atoms with E-state index in [1.165, 1.54) is 24.3 Å². The first-order valence-electron chi connectivity index (χ1n) is 7.47. The van der Waals surface area contributed by atoms with Crippen LogP contribution < -0.4 is 10.6 Å². The van der Waals surface area contributed by atoms with E-state index >= 15 is 0 Å². The molecule has 1 aliphatic rings. The molecule has 2 aromatic rings. The molecule has 0 saturated carbocycles. The Kier molecular flexibility index (Phi) is 4.77. The zero-order valence-electron chi connectivity index (χ0n) is 12.5. The van der Waals surface area contributed by atoms with Gasteiger partial charge in [-0.15, -0.1) is 10.2 Å². The van der Waals surface area contributed by atoms with E-state index in [2.05, 4.69) is 20.8 Å². The van der Waals surface area contributed by atoms with Gasteiger partial charge < -0.3 is 15.4 Å². The summed E-state index contributed by atoms with van der Waals surface area (Å²) in [5, 5.41) is 13.7. The first-order chi connectivity index (χ1) is 11.2. The van der Waals surface area contributed by atoms with Gasteiger partial charge in [0.15, 0.2) is 5.82 Å². The fraction of sp³-hybridized carbons (Fsp3) is 0.312. The molecule has 0 radical (unpaired) electrons. The molecule has 0 bridgehead atoms. The highest BCUT2D eigenvalue weighted by atomic mass is 19.1. The first-order valence-corrected chi connectivity index (χ1v) is 7.47. The van der Waals surface area contributed by atoms with Gasteiger partial charge in [0.2, 0.25) is 0 Å². The molecule has 1 aliphatic heterocycles. The number of carbonyl (C=O) groups excluding carboxylic acids is 1. The van der Waals surface area contributed by atoms with Crippen molar-refractivity contribution in [2.75, 3.05) is 23.8 Å². The van der Waals surface area contributed by atoms with E-state index in [4.69, 9.17) is 4.74 Å². The summed E-state index contributed by atoms with van der Waals surface area (Å²) in [4.78, 5) is 12.0. The smallest absolute Gasteiger partial charge is 0.256 e. The van der Waals surface area contributed by atoms with Crippen molar-refractivity contribution in [3.05, 3.63) is 47.8 Å². The Labute approximate surface area is 133 Å². The number of amides is 1. The van der Waals surface area contributed by atoms with Crippen molar-refractivity contribution in [1.29, 1.82) is 0 Å². The standard InChI is InChI=1S/C16H17FN4O2/c17-12-4-1-3-11(9-12)16(22)19-15-7-6-14(20-21-15)18-10-13-5-2-8-23-13/h1,3-4,6-7,9,13H,2,5,8,10H2,(H,18,20)(H,19,21,22). The van der Waals surface area contributed by atoms with Crippen LogP contribution in [0.25, 0.3) is 0 Å². The minimum absolute atomic E-state index is 0.212. The molecular weight excluding hydrogens is 299 g/mol. The first kappa shape index (κ1) is 15.4. The Bertz CT molecular complexity index is 672. The minimum atomic E-state index is -0.461. The maximum Gasteiger partial charge on any atom is 0.256 e. The van der Waals surface area contributed by atoms with Crippen LogP contribution in [-0.2, 0) is 4.74 Å². The van der Waals surface area contributed by atoms with Crippen LogP contribution in [-0.4, -0.2) is 35.4 Å². The van der Waals surface area contributed by atoms with E-state index in [1.54, 1.807) is 12.1 Å². The highest BCUT2D eigenvalue weighted by molar-refractivity contribution is 6.03. The van der Waals surface area contributed by atoms with E-state index < -0.39 is 11.7 Å². The van der Waals surface area contributed by atoms with Gasteiger partial charge in [-0.1, -0.05) is 6.07 Å². The monoisotopic (exact) mass is 316 g/mol. The van der Waals surface area contributed by atoms with Crippen LogP contribution in [0.1, 0.15) is 23.2 Å². The molecule has 120 valence electrons. The Hall–Kier alpha value is -2.54. The van der Waals surface area contributed by atoms with Gasteiger partial charge in [0.05, 0.1) is 6.10 Å². The molecule has 1 fully saturated rings. The summed E-state index contributed by atoms with van der Waals surface area (Å²) in [5.41, 5.74) is 0.229. The van der Waals surface area contributed by atoms with Crippen molar-refractivity contribution in [3.63, 3.8) is 0 Å². The number of ether oxygens (including phenoxy) is 1. The van der Waals surface area contributed by atoms with Crippen LogP contribution in [0.3, 0.4) is 0 Å². The largest absolute Gasteiger partial charge is 0.376 e. The molecule has 1 aromatic heterocycles. The quantitative estimate of drug-likeness (QED) is 0.886. The van der Waals surface area contributed by atoms with Gasteiger partial charge in [0.1, 0.15) is 11.6 Å². The molecule has 1 aromatic carbocycles. The fourth-order valence-electron chi connectivity index (χ4n) is 2.34. The van der Waals surface area contributed by atoms with Gasteiger partial charge in [-0.2, -0.15) is 0 Å². The molecule has 6 nitrogen and oxygen atoms in total. The average molecular weight is 316 g/mol. The molecule has 0 spiro atoms. The van der Waals surface area contributed by atoms with Crippen molar-refractivity contribution in [1.82, 2.24) is 10.2 Å². The normalized spacial score (nSPS) is 17.0. The van der Waals surface area contributed by atoms with E-state index in [1.807, 2.05) is 0 Å². The fourth-order valence-corrected chi connectivity index (χ4v) is 2.34.